The van der Waals surface area contributed by atoms with E-state index in [1.165, 1.54) is 0 Å². The maximum absolute atomic E-state index is 14.2. The molecule has 1 nitrogen and oxygen atoms in total. The summed E-state index contributed by atoms with van der Waals surface area (Å²) in [7, 11) is 2.21. The molecule has 4 atom stereocenters. The molecule has 0 rings (SSSR count). The molecule has 3 unspecified atom stereocenters. The summed E-state index contributed by atoms with van der Waals surface area (Å²) in [5.74, 6) is 0.721. The van der Waals surface area contributed by atoms with Crippen LogP contribution >= 0.6 is 0 Å². The van der Waals surface area contributed by atoms with Crippen molar-refractivity contribution in [3.63, 3.8) is 0 Å². The summed E-state index contributed by atoms with van der Waals surface area (Å²) < 4.78 is 14.2. The summed E-state index contributed by atoms with van der Waals surface area (Å²) in [6.07, 6.45) is 1.58. The zero-order valence-electron chi connectivity index (χ0n) is 16.2. The molecule has 0 bridgehead atoms. The Hall–Kier alpha value is -0.110. The number of halogens is 1. The Bertz CT molecular complexity index is 285. The van der Waals surface area contributed by atoms with Crippen molar-refractivity contribution in [3.8, 4) is 0 Å². The Kier molecular flexibility index (Phi) is 8.46. The second-order valence-corrected chi connectivity index (χ2v) is 8.49. The predicted octanol–water partition coefficient (Wildman–Crippen LogP) is 5.79. The van der Waals surface area contributed by atoms with Crippen LogP contribution in [-0.4, -0.2) is 30.2 Å². The van der Waals surface area contributed by atoms with E-state index in [-0.39, 0.29) is 17.3 Å². The Morgan fingerprint density at radius 2 is 1.43 bits per heavy atom. The lowest BCUT2D eigenvalue weighted by Crippen LogP contribution is -2.44. The van der Waals surface area contributed by atoms with Crippen molar-refractivity contribution in [1.29, 1.82) is 0 Å². The lowest BCUT2D eigenvalue weighted by Gasteiger charge is -2.41. The van der Waals surface area contributed by atoms with Gasteiger partial charge in [0.25, 0.3) is 0 Å². The summed E-state index contributed by atoms with van der Waals surface area (Å²) in [4.78, 5) is 2.44. The molecule has 0 saturated heterocycles. The Morgan fingerprint density at radius 1 is 0.952 bits per heavy atom. The fourth-order valence-corrected chi connectivity index (χ4v) is 2.99. The van der Waals surface area contributed by atoms with Crippen LogP contribution in [0.1, 0.15) is 75.2 Å². The molecule has 0 fully saturated rings. The second-order valence-electron chi connectivity index (χ2n) is 8.49. The van der Waals surface area contributed by atoms with Crippen molar-refractivity contribution in [2.45, 2.75) is 93.4 Å². The lowest BCUT2D eigenvalue weighted by molar-refractivity contribution is 0.0760. The van der Waals surface area contributed by atoms with Gasteiger partial charge < -0.3 is 4.90 Å². The Balaban J connectivity index is 4.55. The molecular formula is C19H40FN. The minimum absolute atomic E-state index is 0.126. The van der Waals surface area contributed by atoms with Crippen LogP contribution in [0.5, 0.6) is 0 Å². The summed E-state index contributed by atoms with van der Waals surface area (Å²) in [6.45, 7) is 19.8. The molecule has 0 aliphatic rings. The van der Waals surface area contributed by atoms with Crippen LogP contribution in [0.25, 0.3) is 0 Å². The molecule has 0 N–H and O–H groups in total. The van der Waals surface area contributed by atoms with E-state index in [2.05, 4.69) is 60.4 Å². The number of rotatable bonds is 9. The van der Waals surface area contributed by atoms with E-state index in [0.29, 0.717) is 18.0 Å². The van der Waals surface area contributed by atoms with Gasteiger partial charge in [0.15, 0.2) is 0 Å². The van der Waals surface area contributed by atoms with E-state index in [4.69, 9.17) is 0 Å². The normalized spacial score (nSPS) is 19.1. The summed E-state index contributed by atoms with van der Waals surface area (Å²) in [6, 6.07) is 1.10. The van der Waals surface area contributed by atoms with Gasteiger partial charge in [-0.3, -0.25) is 0 Å². The van der Waals surface area contributed by atoms with Crippen LogP contribution in [0.15, 0.2) is 0 Å². The van der Waals surface area contributed by atoms with E-state index in [9.17, 15) is 4.39 Å². The third kappa shape index (κ3) is 6.26. The fourth-order valence-electron chi connectivity index (χ4n) is 2.99. The predicted molar refractivity (Wildman–Crippen MR) is 93.4 cm³/mol. The molecule has 0 aliphatic heterocycles. The Morgan fingerprint density at radius 3 is 1.81 bits per heavy atom. The molecule has 0 heterocycles. The van der Waals surface area contributed by atoms with Gasteiger partial charge in [-0.25, -0.2) is 4.39 Å². The first-order valence-corrected chi connectivity index (χ1v) is 8.77. The summed E-state index contributed by atoms with van der Waals surface area (Å²) >= 11 is 0. The molecule has 21 heavy (non-hydrogen) atoms. The molecule has 0 spiro atoms. The van der Waals surface area contributed by atoms with Crippen LogP contribution in [0.4, 0.5) is 4.39 Å². The van der Waals surface area contributed by atoms with Gasteiger partial charge in [-0.2, -0.15) is 0 Å². The monoisotopic (exact) mass is 301 g/mol. The zero-order valence-corrected chi connectivity index (χ0v) is 16.2. The van der Waals surface area contributed by atoms with E-state index in [0.717, 1.165) is 12.8 Å². The van der Waals surface area contributed by atoms with E-state index >= 15 is 0 Å². The summed E-state index contributed by atoms with van der Waals surface area (Å²) in [5.41, 5.74) is 0.261. The minimum Gasteiger partial charge on any atom is -0.301 e. The molecule has 0 amide bonds. The average molecular weight is 302 g/mol. The number of hydrogen-bond acceptors (Lipinski definition) is 1. The number of alkyl halides is 1. The first-order chi connectivity index (χ1) is 9.41. The van der Waals surface area contributed by atoms with Crippen LogP contribution in [-0.2, 0) is 0 Å². The van der Waals surface area contributed by atoms with Gasteiger partial charge in [0.2, 0.25) is 0 Å². The third-order valence-electron chi connectivity index (χ3n) is 5.84. The standard InChI is InChI=1S/C19H40FN/c1-13(2)18(20)16(6)15(5)11-12-19(8,9)17(7)21(10)14(3)4/h13-18H,11-12H2,1-10H3/t15?,16-,17?,18?/m0/s1. The fraction of sp³-hybridized carbons (Fsp3) is 1.00. The van der Waals surface area contributed by atoms with Gasteiger partial charge in [-0.05, 0) is 63.8 Å². The maximum atomic E-state index is 14.2. The van der Waals surface area contributed by atoms with Gasteiger partial charge in [-0.1, -0.05) is 41.5 Å². The first-order valence-electron chi connectivity index (χ1n) is 8.77. The van der Waals surface area contributed by atoms with Crippen LogP contribution < -0.4 is 0 Å². The average Bonchev–Trinajstić information content (AvgIpc) is 2.40. The molecule has 2 heteroatoms. The molecule has 0 aliphatic carbocycles. The van der Waals surface area contributed by atoms with Gasteiger partial charge in [0.05, 0.1) is 0 Å². The van der Waals surface area contributed by atoms with E-state index < -0.39 is 6.17 Å². The maximum Gasteiger partial charge on any atom is 0.105 e. The quantitative estimate of drug-likeness (QED) is 0.521. The Labute approximate surface area is 133 Å². The molecule has 0 radical (unpaired) electrons. The highest BCUT2D eigenvalue weighted by atomic mass is 19.1. The van der Waals surface area contributed by atoms with Crippen LogP contribution in [0, 0.1) is 23.2 Å². The van der Waals surface area contributed by atoms with Crippen molar-refractivity contribution in [2.24, 2.45) is 23.2 Å². The van der Waals surface area contributed by atoms with Crippen molar-refractivity contribution < 1.29 is 4.39 Å². The van der Waals surface area contributed by atoms with Gasteiger partial charge in [-0.15, -0.1) is 0 Å². The van der Waals surface area contributed by atoms with Crippen LogP contribution in [0.2, 0.25) is 0 Å². The molecule has 0 aromatic carbocycles. The topological polar surface area (TPSA) is 3.24 Å². The van der Waals surface area contributed by atoms with Crippen molar-refractivity contribution in [3.05, 3.63) is 0 Å². The molecule has 128 valence electrons. The second kappa shape index (κ2) is 8.50. The van der Waals surface area contributed by atoms with Crippen molar-refractivity contribution >= 4 is 0 Å². The highest BCUT2D eigenvalue weighted by Crippen LogP contribution is 2.35. The third-order valence-corrected chi connectivity index (χ3v) is 5.84. The van der Waals surface area contributed by atoms with Crippen molar-refractivity contribution in [2.75, 3.05) is 7.05 Å². The summed E-state index contributed by atoms with van der Waals surface area (Å²) in [5, 5.41) is 0. The first kappa shape index (κ1) is 20.9. The molecular weight excluding hydrogens is 261 g/mol. The van der Waals surface area contributed by atoms with E-state index in [1.807, 2.05) is 13.8 Å². The highest BCUT2D eigenvalue weighted by Gasteiger charge is 2.32. The molecule has 0 aromatic heterocycles. The highest BCUT2D eigenvalue weighted by molar-refractivity contribution is 4.84. The molecule has 0 aromatic rings. The largest absolute Gasteiger partial charge is 0.301 e. The zero-order chi connectivity index (χ0) is 17.0. The van der Waals surface area contributed by atoms with E-state index in [1.54, 1.807) is 0 Å². The minimum atomic E-state index is -0.682. The smallest absolute Gasteiger partial charge is 0.105 e. The van der Waals surface area contributed by atoms with Crippen LogP contribution in [0.3, 0.4) is 0 Å². The van der Waals surface area contributed by atoms with Gasteiger partial charge >= 0.3 is 0 Å². The van der Waals surface area contributed by atoms with Gasteiger partial charge in [0, 0.05) is 12.1 Å². The lowest BCUT2D eigenvalue weighted by atomic mass is 9.75. The number of hydrogen-bond donors (Lipinski definition) is 0. The van der Waals surface area contributed by atoms with Crippen molar-refractivity contribution in [1.82, 2.24) is 4.90 Å². The van der Waals surface area contributed by atoms with Gasteiger partial charge in [0.1, 0.15) is 6.17 Å². The SMILES string of the molecule is CC(C)C(F)[C@@H](C)C(C)CCC(C)(C)C(C)N(C)C(C)C. The number of nitrogens with zero attached hydrogens (tertiary/aromatic N) is 1. The molecule has 0 saturated carbocycles.